The van der Waals surface area contributed by atoms with Crippen LogP contribution in [0.15, 0.2) is 27.2 Å². The third-order valence-electron chi connectivity index (χ3n) is 1.78. The summed E-state index contributed by atoms with van der Waals surface area (Å²) in [5.74, 6) is -1.43. The summed E-state index contributed by atoms with van der Waals surface area (Å²) in [6.45, 7) is 0. The molecule has 78 valence electrons. The third-order valence-corrected chi connectivity index (χ3v) is 2.24. The van der Waals surface area contributed by atoms with Crippen molar-refractivity contribution >= 4 is 21.7 Å². The monoisotopic (exact) mass is 274 g/mol. The largest absolute Gasteiger partial charge is 0.381 e. The van der Waals surface area contributed by atoms with Crippen molar-refractivity contribution in [1.29, 1.82) is 0 Å². The van der Waals surface area contributed by atoms with Gasteiger partial charge in [-0.1, -0.05) is 21.1 Å². The number of rotatable bonds is 1. The van der Waals surface area contributed by atoms with E-state index in [9.17, 15) is 8.78 Å². The first kappa shape index (κ1) is 10.1. The first-order valence-electron chi connectivity index (χ1n) is 3.95. The highest BCUT2D eigenvalue weighted by atomic mass is 79.9. The third kappa shape index (κ3) is 1.85. The van der Waals surface area contributed by atoms with E-state index in [0.717, 1.165) is 12.1 Å². The zero-order valence-electron chi connectivity index (χ0n) is 7.30. The van der Waals surface area contributed by atoms with E-state index in [-0.39, 0.29) is 17.1 Å². The molecule has 2 rings (SSSR count). The van der Waals surface area contributed by atoms with Gasteiger partial charge in [0.2, 0.25) is 0 Å². The van der Waals surface area contributed by atoms with Gasteiger partial charge in [-0.3, -0.25) is 0 Å². The summed E-state index contributed by atoms with van der Waals surface area (Å²) in [5, 5.41) is 3.36. The first-order chi connectivity index (χ1) is 7.08. The Morgan fingerprint density at radius 1 is 1.20 bits per heavy atom. The van der Waals surface area contributed by atoms with E-state index < -0.39 is 11.6 Å². The number of anilines is 1. The van der Waals surface area contributed by atoms with E-state index in [4.69, 9.17) is 5.73 Å². The van der Waals surface area contributed by atoms with Gasteiger partial charge in [-0.15, -0.1) is 0 Å². The van der Waals surface area contributed by atoms with Crippen LogP contribution < -0.4 is 5.73 Å². The van der Waals surface area contributed by atoms with Crippen LogP contribution in [0.1, 0.15) is 0 Å². The standard InChI is InChI=1S/C9H5BrF2N2O/c10-4-1-5(11)9(6(12)2-4)7-3-8(13)14-15-7/h1-3H,(H2,13,14). The SMILES string of the molecule is Nc1cc(-c2c(F)cc(Br)cc2F)on1. The van der Waals surface area contributed by atoms with Gasteiger partial charge in [0.1, 0.15) is 11.6 Å². The molecule has 0 aliphatic heterocycles. The second kappa shape index (κ2) is 3.62. The van der Waals surface area contributed by atoms with Gasteiger partial charge in [-0.25, -0.2) is 8.78 Å². The van der Waals surface area contributed by atoms with E-state index in [0.29, 0.717) is 4.47 Å². The summed E-state index contributed by atoms with van der Waals surface area (Å²) >= 11 is 2.97. The lowest BCUT2D eigenvalue weighted by molar-refractivity contribution is 0.430. The summed E-state index contributed by atoms with van der Waals surface area (Å²) in [6.07, 6.45) is 0. The minimum absolute atomic E-state index is 0.0324. The zero-order chi connectivity index (χ0) is 11.0. The number of benzene rings is 1. The summed E-state index contributed by atoms with van der Waals surface area (Å²) in [7, 11) is 0. The highest BCUT2D eigenvalue weighted by molar-refractivity contribution is 9.10. The van der Waals surface area contributed by atoms with Gasteiger partial charge in [0.05, 0.1) is 5.56 Å². The van der Waals surface area contributed by atoms with Crippen molar-refractivity contribution in [3.05, 3.63) is 34.3 Å². The molecule has 0 aliphatic rings. The van der Waals surface area contributed by atoms with Gasteiger partial charge >= 0.3 is 0 Å². The highest BCUT2D eigenvalue weighted by Gasteiger charge is 2.16. The lowest BCUT2D eigenvalue weighted by atomic mass is 10.1. The molecule has 0 saturated heterocycles. The molecule has 2 N–H and O–H groups in total. The second-order valence-corrected chi connectivity index (χ2v) is 3.78. The van der Waals surface area contributed by atoms with Gasteiger partial charge in [0, 0.05) is 10.5 Å². The normalized spacial score (nSPS) is 10.6. The molecule has 0 bridgehead atoms. The summed E-state index contributed by atoms with van der Waals surface area (Å²) in [6, 6.07) is 3.53. The Kier molecular flexibility index (Phi) is 2.44. The molecule has 15 heavy (non-hydrogen) atoms. The van der Waals surface area contributed by atoms with Crippen LogP contribution in [0, 0.1) is 11.6 Å². The zero-order valence-corrected chi connectivity index (χ0v) is 8.88. The average molecular weight is 275 g/mol. The molecular formula is C9H5BrF2N2O. The molecular weight excluding hydrogens is 270 g/mol. The van der Waals surface area contributed by atoms with E-state index in [1.807, 2.05) is 0 Å². The number of hydrogen-bond donors (Lipinski definition) is 1. The Morgan fingerprint density at radius 2 is 1.80 bits per heavy atom. The quantitative estimate of drug-likeness (QED) is 0.870. The van der Waals surface area contributed by atoms with E-state index in [1.54, 1.807) is 0 Å². The van der Waals surface area contributed by atoms with Crippen LogP contribution in [0.4, 0.5) is 14.6 Å². The van der Waals surface area contributed by atoms with Crippen molar-refractivity contribution in [2.24, 2.45) is 0 Å². The first-order valence-corrected chi connectivity index (χ1v) is 4.74. The predicted octanol–water partition coefficient (Wildman–Crippen LogP) is 2.96. The van der Waals surface area contributed by atoms with Gasteiger partial charge in [-0.2, -0.15) is 0 Å². The molecule has 1 aromatic carbocycles. The molecule has 0 radical (unpaired) electrons. The van der Waals surface area contributed by atoms with E-state index in [1.165, 1.54) is 6.07 Å². The molecule has 1 heterocycles. The second-order valence-electron chi connectivity index (χ2n) is 2.86. The fraction of sp³-hybridized carbons (Fsp3) is 0. The van der Waals surface area contributed by atoms with Gasteiger partial charge in [-0.05, 0) is 12.1 Å². The fourth-order valence-corrected chi connectivity index (χ4v) is 1.59. The Labute approximate surface area is 92.0 Å². The van der Waals surface area contributed by atoms with Crippen molar-refractivity contribution in [1.82, 2.24) is 5.16 Å². The van der Waals surface area contributed by atoms with Crippen molar-refractivity contribution < 1.29 is 13.3 Å². The molecule has 0 saturated carbocycles. The molecule has 0 aliphatic carbocycles. The number of aromatic nitrogens is 1. The Hall–Kier alpha value is -1.43. The molecule has 1 aromatic heterocycles. The maximum absolute atomic E-state index is 13.4. The van der Waals surface area contributed by atoms with Crippen LogP contribution in [0.3, 0.4) is 0 Å². The fourth-order valence-electron chi connectivity index (χ4n) is 1.18. The number of nitrogens with zero attached hydrogens (tertiary/aromatic N) is 1. The Morgan fingerprint density at radius 3 is 2.27 bits per heavy atom. The molecule has 0 spiro atoms. The van der Waals surface area contributed by atoms with Crippen LogP contribution in [0.2, 0.25) is 0 Å². The van der Waals surface area contributed by atoms with Crippen molar-refractivity contribution in [2.45, 2.75) is 0 Å². The molecule has 6 heteroatoms. The molecule has 3 nitrogen and oxygen atoms in total. The van der Waals surface area contributed by atoms with E-state index in [2.05, 4.69) is 25.6 Å². The minimum atomic E-state index is -0.738. The molecule has 0 unspecified atom stereocenters. The Bertz CT molecular complexity index is 490. The van der Waals surface area contributed by atoms with Crippen LogP contribution >= 0.6 is 15.9 Å². The van der Waals surface area contributed by atoms with Crippen LogP contribution in [0.5, 0.6) is 0 Å². The topological polar surface area (TPSA) is 52.0 Å². The van der Waals surface area contributed by atoms with Gasteiger partial charge in [0.25, 0.3) is 0 Å². The molecule has 0 amide bonds. The van der Waals surface area contributed by atoms with Crippen LogP contribution in [-0.4, -0.2) is 5.16 Å². The number of halogens is 3. The average Bonchev–Trinajstić information content (AvgIpc) is 2.49. The predicted molar refractivity (Wildman–Crippen MR) is 54.0 cm³/mol. The van der Waals surface area contributed by atoms with E-state index >= 15 is 0 Å². The minimum Gasteiger partial charge on any atom is -0.381 e. The van der Waals surface area contributed by atoms with Crippen molar-refractivity contribution in [3.8, 4) is 11.3 Å². The van der Waals surface area contributed by atoms with Crippen molar-refractivity contribution in [2.75, 3.05) is 5.73 Å². The summed E-state index contributed by atoms with van der Waals surface area (Å²) in [5.41, 5.74) is 5.01. The number of hydrogen-bond acceptors (Lipinski definition) is 3. The molecule has 2 aromatic rings. The lowest BCUT2D eigenvalue weighted by Crippen LogP contribution is -1.89. The number of nitrogens with two attached hydrogens (primary N) is 1. The van der Waals surface area contributed by atoms with Crippen molar-refractivity contribution in [3.63, 3.8) is 0 Å². The van der Waals surface area contributed by atoms with Gasteiger partial charge < -0.3 is 10.3 Å². The smallest absolute Gasteiger partial charge is 0.174 e. The lowest BCUT2D eigenvalue weighted by Gasteiger charge is -2.00. The molecule has 0 fully saturated rings. The Balaban J connectivity index is 2.62. The van der Waals surface area contributed by atoms with Crippen LogP contribution in [0.25, 0.3) is 11.3 Å². The highest BCUT2D eigenvalue weighted by Crippen LogP contribution is 2.29. The van der Waals surface area contributed by atoms with Crippen LogP contribution in [-0.2, 0) is 0 Å². The summed E-state index contributed by atoms with van der Waals surface area (Å²) in [4.78, 5) is 0. The maximum Gasteiger partial charge on any atom is 0.174 e. The summed E-state index contributed by atoms with van der Waals surface area (Å²) < 4.78 is 31.8. The molecule has 0 atom stereocenters. The maximum atomic E-state index is 13.4. The van der Waals surface area contributed by atoms with Gasteiger partial charge in [0.15, 0.2) is 11.6 Å². The number of nitrogen functional groups attached to an aromatic ring is 1.